The third kappa shape index (κ3) is 8.34. The quantitative estimate of drug-likeness (QED) is 0.289. The fraction of sp³-hybridized carbons (Fsp3) is 0.394. The van der Waals surface area contributed by atoms with Gasteiger partial charge in [0.1, 0.15) is 24.2 Å². The molecule has 1 aliphatic carbocycles. The minimum absolute atomic E-state index is 0.0513. The number of nitrogens with zero attached hydrogens (tertiary/aromatic N) is 2. The van der Waals surface area contributed by atoms with Crippen LogP contribution in [-0.4, -0.2) is 50.4 Å². The van der Waals surface area contributed by atoms with Crippen LogP contribution in [0.1, 0.15) is 57.1 Å². The van der Waals surface area contributed by atoms with Gasteiger partial charge in [0.25, 0.3) is 10.0 Å². The van der Waals surface area contributed by atoms with Crippen molar-refractivity contribution < 1.29 is 27.1 Å². The molecule has 230 valence electrons. The Morgan fingerprint density at radius 1 is 1.00 bits per heavy atom. The van der Waals surface area contributed by atoms with Gasteiger partial charge in [0.2, 0.25) is 11.8 Å². The number of rotatable bonds is 12. The van der Waals surface area contributed by atoms with E-state index in [1.165, 1.54) is 29.2 Å². The van der Waals surface area contributed by atoms with Gasteiger partial charge in [-0.25, -0.2) is 12.8 Å². The van der Waals surface area contributed by atoms with Crippen LogP contribution >= 0.6 is 0 Å². The molecular weight excluding hydrogens is 569 g/mol. The van der Waals surface area contributed by atoms with E-state index in [9.17, 15) is 22.4 Å². The first-order chi connectivity index (χ1) is 20.6. The monoisotopic (exact) mass is 609 g/mol. The molecule has 4 rings (SSSR count). The van der Waals surface area contributed by atoms with Crippen molar-refractivity contribution in [2.45, 2.75) is 76.4 Å². The highest BCUT2D eigenvalue weighted by Gasteiger charge is 2.33. The zero-order valence-electron chi connectivity index (χ0n) is 25.0. The summed E-state index contributed by atoms with van der Waals surface area (Å²) in [5, 5.41) is 3.10. The largest absolute Gasteiger partial charge is 0.494 e. The predicted molar refractivity (Wildman–Crippen MR) is 165 cm³/mol. The van der Waals surface area contributed by atoms with Crippen molar-refractivity contribution in [3.8, 4) is 5.75 Å². The topological polar surface area (TPSA) is 96.0 Å². The molecule has 0 aliphatic heterocycles. The number of hydrogen-bond donors (Lipinski definition) is 1. The standard InChI is InChI=1S/C33H40FN3O5S/c1-4-42-30-17-19-31(20-18-30)43(40,41)37(29-15-13-27(34)14-16-29)23-32(38)36(22-26-10-8-9-24(2)21-26)25(3)33(39)35-28-11-6-5-7-12-28/h8-10,13-21,25,28H,4-7,11-12,22-23H2,1-3H3,(H,35,39)/t25-/m1/s1. The van der Waals surface area contributed by atoms with E-state index >= 15 is 0 Å². The number of ether oxygens (including phenoxy) is 1. The van der Waals surface area contributed by atoms with Crippen LogP contribution in [0.4, 0.5) is 10.1 Å². The zero-order valence-corrected chi connectivity index (χ0v) is 25.8. The van der Waals surface area contributed by atoms with Crippen molar-refractivity contribution in [3.05, 3.63) is 89.7 Å². The van der Waals surface area contributed by atoms with Gasteiger partial charge in [-0.1, -0.05) is 49.1 Å². The number of halogens is 1. The molecule has 0 aromatic heterocycles. The molecule has 2 amide bonds. The highest BCUT2D eigenvalue weighted by atomic mass is 32.2. The van der Waals surface area contributed by atoms with Gasteiger partial charge in [0.15, 0.2) is 0 Å². The Hall–Kier alpha value is -3.92. The van der Waals surface area contributed by atoms with Gasteiger partial charge in [0.05, 0.1) is 17.2 Å². The Morgan fingerprint density at radius 2 is 1.67 bits per heavy atom. The average molecular weight is 610 g/mol. The van der Waals surface area contributed by atoms with Crippen LogP contribution in [0.3, 0.4) is 0 Å². The Morgan fingerprint density at radius 3 is 2.30 bits per heavy atom. The molecule has 0 radical (unpaired) electrons. The number of sulfonamides is 1. The minimum atomic E-state index is -4.27. The molecule has 1 atom stereocenters. The summed E-state index contributed by atoms with van der Waals surface area (Å²) < 4.78 is 48.2. The molecule has 1 fully saturated rings. The molecule has 10 heteroatoms. The van der Waals surface area contributed by atoms with Crippen molar-refractivity contribution in [2.24, 2.45) is 0 Å². The molecule has 0 spiro atoms. The summed E-state index contributed by atoms with van der Waals surface area (Å²) in [7, 11) is -4.27. The van der Waals surface area contributed by atoms with Gasteiger partial charge in [-0.05, 0) is 87.7 Å². The van der Waals surface area contributed by atoms with Crippen LogP contribution in [0.2, 0.25) is 0 Å². The summed E-state index contributed by atoms with van der Waals surface area (Å²) in [5.74, 6) is -0.877. The fourth-order valence-corrected chi connectivity index (χ4v) is 6.71. The van der Waals surface area contributed by atoms with Crippen LogP contribution in [-0.2, 0) is 26.2 Å². The maximum Gasteiger partial charge on any atom is 0.264 e. The minimum Gasteiger partial charge on any atom is -0.494 e. The molecule has 3 aromatic carbocycles. The number of amides is 2. The molecular formula is C33H40FN3O5S. The molecule has 1 saturated carbocycles. The molecule has 8 nitrogen and oxygen atoms in total. The van der Waals surface area contributed by atoms with E-state index in [1.807, 2.05) is 38.1 Å². The van der Waals surface area contributed by atoms with Crippen LogP contribution < -0.4 is 14.4 Å². The van der Waals surface area contributed by atoms with Gasteiger partial charge in [-0.3, -0.25) is 13.9 Å². The maximum absolute atomic E-state index is 14.1. The van der Waals surface area contributed by atoms with Gasteiger partial charge in [-0.15, -0.1) is 0 Å². The molecule has 0 saturated heterocycles. The lowest BCUT2D eigenvalue weighted by Crippen LogP contribution is -2.53. The summed E-state index contributed by atoms with van der Waals surface area (Å²) in [6, 6.07) is 17.6. The van der Waals surface area contributed by atoms with Gasteiger partial charge in [-0.2, -0.15) is 0 Å². The first-order valence-electron chi connectivity index (χ1n) is 14.7. The van der Waals surface area contributed by atoms with Crippen molar-refractivity contribution >= 4 is 27.5 Å². The van der Waals surface area contributed by atoms with Crippen LogP contribution in [0.15, 0.2) is 77.7 Å². The Balaban J connectivity index is 1.67. The maximum atomic E-state index is 14.1. The van der Waals surface area contributed by atoms with Crippen molar-refractivity contribution in [1.29, 1.82) is 0 Å². The van der Waals surface area contributed by atoms with Crippen molar-refractivity contribution in [2.75, 3.05) is 17.5 Å². The van der Waals surface area contributed by atoms with Crippen molar-refractivity contribution in [3.63, 3.8) is 0 Å². The average Bonchev–Trinajstić information content (AvgIpc) is 2.99. The first-order valence-corrected chi connectivity index (χ1v) is 16.2. The zero-order chi connectivity index (χ0) is 31.0. The van der Waals surface area contributed by atoms with Crippen LogP contribution in [0.25, 0.3) is 0 Å². The summed E-state index contributed by atoms with van der Waals surface area (Å²) in [6.07, 6.45) is 5.01. The lowest BCUT2D eigenvalue weighted by atomic mass is 9.95. The number of carbonyl (C=O) groups is 2. The summed E-state index contributed by atoms with van der Waals surface area (Å²) in [4.78, 5) is 28.9. The van der Waals surface area contributed by atoms with Crippen molar-refractivity contribution in [1.82, 2.24) is 10.2 Å². The Bertz CT molecular complexity index is 1490. The van der Waals surface area contributed by atoms with E-state index in [0.29, 0.717) is 12.4 Å². The highest BCUT2D eigenvalue weighted by molar-refractivity contribution is 7.92. The van der Waals surface area contributed by atoms with Gasteiger partial charge < -0.3 is 15.0 Å². The second kappa shape index (κ2) is 14.5. The lowest BCUT2D eigenvalue weighted by molar-refractivity contribution is -0.139. The Kier molecular flexibility index (Phi) is 10.8. The summed E-state index contributed by atoms with van der Waals surface area (Å²) >= 11 is 0. The third-order valence-corrected chi connectivity index (χ3v) is 9.46. The summed E-state index contributed by atoms with van der Waals surface area (Å²) in [5.41, 5.74) is 1.93. The number of benzene rings is 3. The molecule has 1 N–H and O–H groups in total. The third-order valence-electron chi connectivity index (χ3n) is 7.67. The lowest BCUT2D eigenvalue weighted by Gasteiger charge is -2.33. The van der Waals surface area contributed by atoms with E-state index in [1.54, 1.807) is 19.1 Å². The van der Waals surface area contributed by atoms with Crippen LogP contribution in [0.5, 0.6) is 5.75 Å². The summed E-state index contributed by atoms with van der Waals surface area (Å²) in [6.45, 7) is 5.37. The van der Waals surface area contributed by atoms with Crippen LogP contribution in [0, 0.1) is 12.7 Å². The number of carbonyl (C=O) groups excluding carboxylic acids is 2. The SMILES string of the molecule is CCOc1ccc(S(=O)(=O)N(CC(=O)N(Cc2cccc(C)c2)[C@H](C)C(=O)NC2CCCCC2)c2ccc(F)cc2)cc1. The Labute approximate surface area is 253 Å². The molecule has 3 aromatic rings. The number of nitrogens with one attached hydrogen (secondary N) is 1. The van der Waals surface area contributed by atoms with Gasteiger partial charge in [0, 0.05) is 12.6 Å². The molecule has 0 heterocycles. The van der Waals surface area contributed by atoms with E-state index in [4.69, 9.17) is 4.74 Å². The predicted octanol–water partition coefficient (Wildman–Crippen LogP) is 5.59. The smallest absolute Gasteiger partial charge is 0.264 e. The first kappa shape index (κ1) is 32.0. The number of hydrogen-bond acceptors (Lipinski definition) is 5. The van der Waals surface area contributed by atoms with Gasteiger partial charge >= 0.3 is 0 Å². The van der Waals surface area contributed by atoms with E-state index < -0.39 is 34.3 Å². The fourth-order valence-electron chi connectivity index (χ4n) is 5.30. The second-order valence-electron chi connectivity index (χ2n) is 10.9. The number of anilines is 1. The molecule has 0 bridgehead atoms. The molecule has 0 unspecified atom stereocenters. The van der Waals surface area contributed by atoms with E-state index in [-0.39, 0.29) is 29.1 Å². The normalized spacial score (nSPS) is 14.5. The van der Waals surface area contributed by atoms with E-state index in [0.717, 1.165) is 59.7 Å². The molecule has 1 aliphatic rings. The molecule has 43 heavy (non-hydrogen) atoms. The highest BCUT2D eigenvalue weighted by Crippen LogP contribution is 2.26. The van der Waals surface area contributed by atoms with E-state index in [2.05, 4.69) is 5.32 Å². The second-order valence-corrected chi connectivity index (χ2v) is 12.8. The number of aryl methyl sites for hydroxylation is 1.